The molecule has 1 aromatic heterocycles. The van der Waals surface area contributed by atoms with Crippen LogP contribution in [0.25, 0.3) is 0 Å². The van der Waals surface area contributed by atoms with E-state index < -0.39 is 18.1 Å². The Morgan fingerprint density at radius 3 is 2.79 bits per heavy atom. The number of hydrogen-bond acceptors (Lipinski definition) is 4. The summed E-state index contributed by atoms with van der Waals surface area (Å²) in [4.78, 5) is 26.3. The van der Waals surface area contributed by atoms with Gasteiger partial charge in [0.15, 0.2) is 6.04 Å². The number of carboxylic acid groups (broad SMARTS) is 1. The highest BCUT2D eigenvalue weighted by Gasteiger charge is 2.38. The van der Waals surface area contributed by atoms with Crippen LogP contribution < -0.4 is 5.73 Å². The molecule has 1 aliphatic rings. The average Bonchev–Trinajstić information content (AvgIpc) is 2.83. The quantitative estimate of drug-likeness (QED) is 0.873. The standard InChI is InChI=1S/C13H18N2O3S/c1-7(2)10(14)12(16)15-5-3-9-8(4-6-19-9)11(15)13(17)18/h4,6-7,10-11H,3,5,14H2,1-2H3,(H,17,18). The van der Waals surface area contributed by atoms with Crippen LogP contribution in [0.2, 0.25) is 0 Å². The number of amides is 1. The molecule has 6 heteroatoms. The van der Waals surface area contributed by atoms with E-state index >= 15 is 0 Å². The summed E-state index contributed by atoms with van der Waals surface area (Å²) in [5.41, 5.74) is 6.60. The lowest BCUT2D eigenvalue weighted by molar-refractivity contribution is -0.152. The molecule has 0 saturated carbocycles. The van der Waals surface area contributed by atoms with Crippen molar-refractivity contribution in [1.29, 1.82) is 0 Å². The van der Waals surface area contributed by atoms with Crippen LogP contribution >= 0.6 is 11.3 Å². The molecule has 1 amide bonds. The van der Waals surface area contributed by atoms with E-state index in [-0.39, 0.29) is 11.8 Å². The maximum atomic E-state index is 12.3. The summed E-state index contributed by atoms with van der Waals surface area (Å²) < 4.78 is 0. The molecule has 2 atom stereocenters. The molecule has 1 aliphatic heterocycles. The maximum Gasteiger partial charge on any atom is 0.331 e. The maximum absolute atomic E-state index is 12.3. The second kappa shape index (κ2) is 5.30. The van der Waals surface area contributed by atoms with E-state index in [4.69, 9.17) is 5.73 Å². The molecular weight excluding hydrogens is 264 g/mol. The minimum absolute atomic E-state index is 0.00850. The van der Waals surface area contributed by atoms with Gasteiger partial charge in [0.05, 0.1) is 6.04 Å². The Labute approximate surface area is 116 Å². The van der Waals surface area contributed by atoms with Crippen LogP contribution in [-0.4, -0.2) is 34.5 Å². The summed E-state index contributed by atoms with van der Waals surface area (Å²) in [5.74, 6) is -1.28. The van der Waals surface area contributed by atoms with Crippen molar-refractivity contribution < 1.29 is 14.7 Å². The second-order valence-corrected chi connectivity index (χ2v) is 6.09. The first-order valence-corrected chi connectivity index (χ1v) is 7.16. The van der Waals surface area contributed by atoms with Gasteiger partial charge >= 0.3 is 5.97 Å². The molecule has 0 fully saturated rings. The van der Waals surface area contributed by atoms with Crippen LogP contribution in [0.15, 0.2) is 11.4 Å². The number of nitrogens with zero attached hydrogens (tertiary/aromatic N) is 1. The van der Waals surface area contributed by atoms with Crippen LogP contribution in [0, 0.1) is 5.92 Å². The molecule has 3 N–H and O–H groups in total. The fourth-order valence-electron chi connectivity index (χ4n) is 2.30. The van der Waals surface area contributed by atoms with Gasteiger partial charge < -0.3 is 15.7 Å². The third-order valence-corrected chi connectivity index (χ3v) is 4.48. The molecular formula is C13H18N2O3S. The Hall–Kier alpha value is -1.40. The van der Waals surface area contributed by atoms with Crippen LogP contribution in [0.5, 0.6) is 0 Å². The van der Waals surface area contributed by atoms with Gasteiger partial charge in [-0.2, -0.15) is 0 Å². The van der Waals surface area contributed by atoms with Gasteiger partial charge in [-0.15, -0.1) is 11.3 Å². The van der Waals surface area contributed by atoms with Crippen molar-refractivity contribution in [3.63, 3.8) is 0 Å². The van der Waals surface area contributed by atoms with Crippen LogP contribution in [0.1, 0.15) is 30.3 Å². The van der Waals surface area contributed by atoms with Crippen LogP contribution in [0.3, 0.4) is 0 Å². The van der Waals surface area contributed by atoms with E-state index in [1.165, 1.54) is 4.90 Å². The highest BCUT2D eigenvalue weighted by Crippen LogP contribution is 2.34. The molecule has 0 spiro atoms. The zero-order valence-corrected chi connectivity index (χ0v) is 11.8. The minimum Gasteiger partial charge on any atom is -0.479 e. The summed E-state index contributed by atoms with van der Waals surface area (Å²) in [6, 6.07) is 0.244. The summed E-state index contributed by atoms with van der Waals surface area (Å²) in [7, 11) is 0. The highest BCUT2D eigenvalue weighted by molar-refractivity contribution is 7.10. The number of thiophene rings is 1. The van der Waals surface area contributed by atoms with Gasteiger partial charge in [-0.1, -0.05) is 13.8 Å². The SMILES string of the molecule is CC(C)C(N)C(=O)N1CCc2sccc2C1C(=O)O. The number of hydrogen-bond donors (Lipinski definition) is 2. The van der Waals surface area contributed by atoms with Crippen molar-refractivity contribution in [3.8, 4) is 0 Å². The van der Waals surface area contributed by atoms with E-state index in [0.717, 1.165) is 10.4 Å². The fraction of sp³-hybridized carbons (Fsp3) is 0.538. The van der Waals surface area contributed by atoms with Gasteiger partial charge in [-0.3, -0.25) is 4.79 Å². The van der Waals surface area contributed by atoms with Gasteiger partial charge in [-0.25, -0.2) is 4.79 Å². The molecule has 5 nitrogen and oxygen atoms in total. The first kappa shape index (κ1) is 14.0. The van der Waals surface area contributed by atoms with Crippen molar-refractivity contribution in [2.24, 2.45) is 11.7 Å². The second-order valence-electron chi connectivity index (χ2n) is 5.09. The summed E-state index contributed by atoms with van der Waals surface area (Å²) >= 11 is 1.54. The first-order chi connectivity index (χ1) is 8.93. The third kappa shape index (κ3) is 2.50. The number of fused-ring (bicyclic) bond motifs is 1. The third-order valence-electron chi connectivity index (χ3n) is 3.49. The van der Waals surface area contributed by atoms with Crippen molar-refractivity contribution in [3.05, 3.63) is 21.9 Å². The zero-order chi connectivity index (χ0) is 14.2. The normalized spacial score (nSPS) is 20.2. The van der Waals surface area contributed by atoms with Gasteiger partial charge in [0.2, 0.25) is 5.91 Å². The number of carbonyl (C=O) groups excluding carboxylic acids is 1. The molecule has 19 heavy (non-hydrogen) atoms. The summed E-state index contributed by atoms with van der Waals surface area (Å²) in [6.07, 6.45) is 0.702. The zero-order valence-electron chi connectivity index (χ0n) is 11.0. The molecule has 0 radical (unpaired) electrons. The monoisotopic (exact) mass is 282 g/mol. The lowest BCUT2D eigenvalue weighted by Crippen LogP contribution is -2.51. The van der Waals surface area contributed by atoms with E-state index in [2.05, 4.69) is 0 Å². The Kier molecular flexibility index (Phi) is 3.91. The predicted molar refractivity (Wildman–Crippen MR) is 72.9 cm³/mol. The van der Waals surface area contributed by atoms with E-state index in [1.54, 1.807) is 17.4 Å². The van der Waals surface area contributed by atoms with Crippen molar-refractivity contribution in [2.45, 2.75) is 32.4 Å². The Morgan fingerprint density at radius 2 is 2.21 bits per heavy atom. The Balaban J connectivity index is 2.32. The average molecular weight is 282 g/mol. The van der Waals surface area contributed by atoms with Crippen molar-refractivity contribution >= 4 is 23.2 Å². The van der Waals surface area contributed by atoms with E-state index in [9.17, 15) is 14.7 Å². The van der Waals surface area contributed by atoms with Crippen LogP contribution in [0.4, 0.5) is 0 Å². The Bertz CT molecular complexity index is 498. The lowest BCUT2D eigenvalue weighted by atomic mass is 9.96. The molecule has 0 aliphatic carbocycles. The highest BCUT2D eigenvalue weighted by atomic mass is 32.1. The van der Waals surface area contributed by atoms with Crippen molar-refractivity contribution in [1.82, 2.24) is 4.90 Å². The van der Waals surface area contributed by atoms with E-state index in [0.29, 0.717) is 13.0 Å². The van der Waals surface area contributed by atoms with Gasteiger partial charge in [-0.05, 0) is 29.3 Å². The van der Waals surface area contributed by atoms with Gasteiger partial charge in [0, 0.05) is 11.4 Å². The largest absolute Gasteiger partial charge is 0.479 e. The summed E-state index contributed by atoms with van der Waals surface area (Å²) in [6.45, 7) is 4.14. The van der Waals surface area contributed by atoms with E-state index in [1.807, 2.05) is 19.2 Å². The Morgan fingerprint density at radius 1 is 1.53 bits per heavy atom. The fourth-order valence-corrected chi connectivity index (χ4v) is 3.20. The number of carboxylic acids is 1. The molecule has 2 heterocycles. The molecule has 1 aromatic rings. The van der Waals surface area contributed by atoms with Gasteiger partial charge in [0.1, 0.15) is 0 Å². The summed E-state index contributed by atoms with van der Waals surface area (Å²) in [5, 5.41) is 11.3. The van der Waals surface area contributed by atoms with Crippen LogP contribution in [-0.2, 0) is 16.0 Å². The van der Waals surface area contributed by atoms with Crippen molar-refractivity contribution in [2.75, 3.05) is 6.54 Å². The minimum atomic E-state index is -0.997. The lowest BCUT2D eigenvalue weighted by Gasteiger charge is -2.35. The topological polar surface area (TPSA) is 83.6 Å². The predicted octanol–water partition coefficient (Wildman–Crippen LogP) is 1.24. The molecule has 104 valence electrons. The number of carbonyl (C=O) groups is 2. The number of rotatable bonds is 3. The smallest absolute Gasteiger partial charge is 0.331 e. The number of nitrogens with two attached hydrogens (primary N) is 1. The molecule has 2 rings (SSSR count). The molecule has 0 aromatic carbocycles. The first-order valence-electron chi connectivity index (χ1n) is 6.28. The molecule has 2 unspecified atom stereocenters. The molecule has 0 saturated heterocycles. The molecule has 0 bridgehead atoms. The number of aliphatic carboxylic acids is 1. The van der Waals surface area contributed by atoms with Gasteiger partial charge in [0.25, 0.3) is 0 Å².